The van der Waals surface area contributed by atoms with E-state index in [4.69, 9.17) is 0 Å². The molecule has 1 N–H and O–H groups in total. The van der Waals surface area contributed by atoms with Gasteiger partial charge in [-0.25, -0.2) is 4.39 Å². The summed E-state index contributed by atoms with van der Waals surface area (Å²) in [5, 5.41) is 3.29. The van der Waals surface area contributed by atoms with Crippen molar-refractivity contribution in [3.05, 3.63) is 64.5 Å². The van der Waals surface area contributed by atoms with E-state index in [1.807, 2.05) is 6.07 Å². The lowest BCUT2D eigenvalue weighted by Gasteiger charge is -2.12. The van der Waals surface area contributed by atoms with Crippen molar-refractivity contribution < 1.29 is 4.39 Å². The predicted octanol–water partition coefficient (Wildman–Crippen LogP) is 4.36. The Balaban J connectivity index is 2.14. The molecule has 0 saturated heterocycles. The van der Waals surface area contributed by atoms with E-state index < -0.39 is 0 Å². The van der Waals surface area contributed by atoms with Crippen molar-refractivity contribution in [2.24, 2.45) is 0 Å². The third-order valence-electron chi connectivity index (χ3n) is 3.24. The summed E-state index contributed by atoms with van der Waals surface area (Å²) in [6.45, 7) is 6.69. The van der Waals surface area contributed by atoms with Crippen molar-refractivity contribution in [1.29, 1.82) is 0 Å². The first-order valence-corrected chi connectivity index (χ1v) is 6.13. The fourth-order valence-corrected chi connectivity index (χ4v) is 2.03. The smallest absolute Gasteiger partial charge is 0.128 e. The van der Waals surface area contributed by atoms with E-state index in [2.05, 4.69) is 37.4 Å². The lowest BCUT2D eigenvalue weighted by atomic mass is 10.1. The minimum absolute atomic E-state index is 0.166. The van der Waals surface area contributed by atoms with Crippen LogP contribution >= 0.6 is 0 Å². The van der Waals surface area contributed by atoms with Crippen molar-refractivity contribution in [3.63, 3.8) is 0 Å². The normalized spacial score (nSPS) is 10.4. The maximum atomic E-state index is 13.4. The average molecular weight is 243 g/mol. The van der Waals surface area contributed by atoms with Gasteiger partial charge in [0.05, 0.1) is 0 Å². The topological polar surface area (TPSA) is 12.0 Å². The second kappa shape index (κ2) is 5.21. The van der Waals surface area contributed by atoms with Gasteiger partial charge in [0.2, 0.25) is 0 Å². The Bertz CT molecular complexity index is 561. The molecule has 2 rings (SSSR count). The molecule has 0 aliphatic heterocycles. The van der Waals surface area contributed by atoms with Crippen molar-refractivity contribution >= 4 is 5.69 Å². The van der Waals surface area contributed by atoms with Gasteiger partial charge in [-0.1, -0.05) is 29.8 Å². The van der Waals surface area contributed by atoms with E-state index >= 15 is 0 Å². The quantitative estimate of drug-likeness (QED) is 0.844. The first-order chi connectivity index (χ1) is 8.58. The molecule has 0 bridgehead atoms. The van der Waals surface area contributed by atoms with E-state index in [9.17, 15) is 4.39 Å². The van der Waals surface area contributed by atoms with E-state index in [-0.39, 0.29) is 5.82 Å². The van der Waals surface area contributed by atoms with E-state index in [1.165, 1.54) is 22.8 Å². The lowest BCUT2D eigenvalue weighted by molar-refractivity contribution is 0.619. The molecule has 0 radical (unpaired) electrons. The molecule has 0 aliphatic rings. The summed E-state index contributed by atoms with van der Waals surface area (Å²) in [6, 6.07) is 11.5. The van der Waals surface area contributed by atoms with Gasteiger partial charge >= 0.3 is 0 Å². The Hall–Kier alpha value is -1.83. The van der Waals surface area contributed by atoms with Crippen LogP contribution in [0.25, 0.3) is 0 Å². The predicted molar refractivity (Wildman–Crippen MR) is 74.4 cm³/mol. The minimum atomic E-state index is -0.166. The number of hydrogen-bond acceptors (Lipinski definition) is 1. The molecule has 2 aromatic rings. The highest BCUT2D eigenvalue weighted by Gasteiger charge is 2.04. The second-order valence-electron chi connectivity index (χ2n) is 4.70. The summed E-state index contributed by atoms with van der Waals surface area (Å²) in [4.78, 5) is 0. The van der Waals surface area contributed by atoms with Crippen LogP contribution in [0.5, 0.6) is 0 Å². The summed E-state index contributed by atoms with van der Waals surface area (Å²) < 4.78 is 13.4. The molecule has 0 spiro atoms. The number of hydrogen-bond donors (Lipinski definition) is 1. The van der Waals surface area contributed by atoms with E-state index in [0.29, 0.717) is 5.56 Å². The zero-order valence-electron chi connectivity index (χ0n) is 11.0. The van der Waals surface area contributed by atoms with Gasteiger partial charge in [-0.2, -0.15) is 0 Å². The van der Waals surface area contributed by atoms with Crippen LogP contribution in [-0.4, -0.2) is 0 Å². The molecule has 18 heavy (non-hydrogen) atoms. The number of rotatable bonds is 3. The summed E-state index contributed by atoms with van der Waals surface area (Å²) in [5.41, 5.74) is 5.29. The van der Waals surface area contributed by atoms with E-state index in [0.717, 1.165) is 12.2 Å². The molecule has 0 aromatic heterocycles. The first kappa shape index (κ1) is 12.6. The Morgan fingerprint density at radius 2 is 1.83 bits per heavy atom. The van der Waals surface area contributed by atoms with Crippen molar-refractivity contribution in [2.75, 3.05) is 5.32 Å². The zero-order chi connectivity index (χ0) is 13.1. The van der Waals surface area contributed by atoms with Crippen LogP contribution in [0.2, 0.25) is 0 Å². The summed E-state index contributed by atoms with van der Waals surface area (Å²) in [5.74, 6) is -0.166. The molecule has 1 nitrogen and oxygen atoms in total. The number of halogens is 1. The highest BCUT2D eigenvalue weighted by atomic mass is 19.1. The molecule has 0 atom stereocenters. The third-order valence-corrected chi connectivity index (χ3v) is 3.24. The molecule has 0 fully saturated rings. The maximum Gasteiger partial charge on any atom is 0.128 e. The van der Waals surface area contributed by atoms with Crippen molar-refractivity contribution in [3.8, 4) is 0 Å². The van der Waals surface area contributed by atoms with Crippen LogP contribution in [-0.2, 0) is 6.54 Å². The second-order valence-corrected chi connectivity index (χ2v) is 4.70. The Kier molecular flexibility index (Phi) is 3.66. The van der Waals surface area contributed by atoms with Crippen LogP contribution in [0.15, 0.2) is 36.4 Å². The number of anilines is 1. The Labute approximate surface area is 108 Å². The molecule has 94 valence electrons. The summed E-state index contributed by atoms with van der Waals surface area (Å²) >= 11 is 0. The van der Waals surface area contributed by atoms with Gasteiger partial charge in [-0.15, -0.1) is 0 Å². The molecular weight excluding hydrogens is 225 g/mol. The average Bonchev–Trinajstić information content (AvgIpc) is 2.33. The van der Waals surface area contributed by atoms with Gasteiger partial charge in [0.25, 0.3) is 0 Å². The summed E-state index contributed by atoms with van der Waals surface area (Å²) in [6.07, 6.45) is 0. The third kappa shape index (κ3) is 2.70. The number of benzene rings is 2. The molecule has 2 aromatic carbocycles. The Morgan fingerprint density at radius 3 is 2.56 bits per heavy atom. The number of nitrogens with one attached hydrogen (secondary N) is 1. The van der Waals surface area contributed by atoms with Gasteiger partial charge in [0.15, 0.2) is 0 Å². The first-order valence-electron chi connectivity index (χ1n) is 6.13. The lowest BCUT2D eigenvalue weighted by Crippen LogP contribution is -2.03. The van der Waals surface area contributed by atoms with Gasteiger partial charge in [0, 0.05) is 17.8 Å². The van der Waals surface area contributed by atoms with E-state index in [1.54, 1.807) is 13.0 Å². The van der Waals surface area contributed by atoms with Crippen LogP contribution in [0.4, 0.5) is 10.1 Å². The molecule has 0 saturated carbocycles. The largest absolute Gasteiger partial charge is 0.381 e. The SMILES string of the molecule is Cc1ccc(CNc2cccc(F)c2C)c(C)c1. The number of aryl methyl sites for hydroxylation is 2. The van der Waals surface area contributed by atoms with Crippen LogP contribution in [0.3, 0.4) is 0 Å². The minimum Gasteiger partial charge on any atom is -0.381 e. The van der Waals surface area contributed by atoms with Crippen molar-refractivity contribution in [1.82, 2.24) is 0 Å². The standard InChI is InChI=1S/C16H18FN/c1-11-7-8-14(12(2)9-11)10-18-16-6-4-5-15(17)13(16)3/h4-9,18H,10H2,1-3H3. The van der Waals surface area contributed by atoms with Gasteiger partial charge < -0.3 is 5.32 Å². The fraction of sp³-hybridized carbons (Fsp3) is 0.250. The van der Waals surface area contributed by atoms with Gasteiger partial charge in [-0.05, 0) is 44.0 Å². The monoisotopic (exact) mass is 243 g/mol. The van der Waals surface area contributed by atoms with Gasteiger partial charge in [0.1, 0.15) is 5.82 Å². The molecule has 2 heteroatoms. The molecule has 0 aliphatic carbocycles. The van der Waals surface area contributed by atoms with Crippen LogP contribution in [0, 0.1) is 26.6 Å². The molecule has 0 heterocycles. The fourth-order valence-electron chi connectivity index (χ4n) is 2.03. The highest BCUT2D eigenvalue weighted by Crippen LogP contribution is 2.19. The Morgan fingerprint density at radius 1 is 1.06 bits per heavy atom. The maximum absolute atomic E-state index is 13.4. The molecule has 0 unspecified atom stereocenters. The van der Waals surface area contributed by atoms with Crippen LogP contribution in [0.1, 0.15) is 22.3 Å². The summed E-state index contributed by atoms with van der Waals surface area (Å²) in [7, 11) is 0. The van der Waals surface area contributed by atoms with Crippen LogP contribution < -0.4 is 5.32 Å². The molecular formula is C16H18FN. The zero-order valence-corrected chi connectivity index (χ0v) is 11.0. The highest BCUT2D eigenvalue weighted by molar-refractivity contribution is 5.51. The molecule has 0 amide bonds. The van der Waals surface area contributed by atoms with Gasteiger partial charge in [-0.3, -0.25) is 0 Å². The van der Waals surface area contributed by atoms with Crippen molar-refractivity contribution in [2.45, 2.75) is 27.3 Å².